The van der Waals surface area contributed by atoms with Crippen LogP contribution in [-0.2, 0) is 27.3 Å². The summed E-state index contributed by atoms with van der Waals surface area (Å²) in [6.07, 6.45) is 0.333. The first kappa shape index (κ1) is 23.3. The van der Waals surface area contributed by atoms with Crippen LogP contribution in [0.15, 0.2) is 15.8 Å². The van der Waals surface area contributed by atoms with Crippen LogP contribution >= 0.6 is 23.3 Å². The molecule has 0 aliphatic carbocycles. The first-order valence-electron chi connectivity index (χ1n) is 7.51. The molecular formula is C10H18N3O12P3. The van der Waals surface area contributed by atoms with Gasteiger partial charge in [-0.1, -0.05) is 0 Å². The lowest BCUT2D eigenvalue weighted by Crippen LogP contribution is -2.33. The van der Waals surface area contributed by atoms with Crippen molar-refractivity contribution in [3.63, 3.8) is 0 Å². The Bertz CT molecular complexity index is 982. The van der Waals surface area contributed by atoms with E-state index < -0.39 is 53.5 Å². The highest BCUT2D eigenvalue weighted by Gasteiger charge is 2.39. The SMILES string of the molecule is Cc1cn([C@H]2CC[C@@H](COP(=O)(O)NP(=O)(O)OP(=O)(O)O)O2)c(=O)[nH]c1=O. The molecule has 160 valence electrons. The van der Waals surface area contributed by atoms with Crippen LogP contribution in [0.3, 0.4) is 0 Å². The van der Waals surface area contributed by atoms with Crippen molar-refractivity contribution in [3.8, 4) is 0 Å². The molecule has 0 amide bonds. The molecule has 0 bridgehead atoms. The monoisotopic (exact) mass is 465 g/mol. The molecule has 1 aromatic rings. The lowest BCUT2D eigenvalue weighted by molar-refractivity contribution is -0.0218. The van der Waals surface area contributed by atoms with Gasteiger partial charge in [-0.15, -0.1) is 4.86 Å². The Labute approximate surface area is 156 Å². The number of aromatic nitrogens is 2. The molecule has 1 saturated heterocycles. The van der Waals surface area contributed by atoms with Crippen molar-refractivity contribution in [1.29, 1.82) is 0 Å². The maximum absolute atomic E-state index is 11.8. The van der Waals surface area contributed by atoms with Gasteiger partial charge in [-0.2, -0.15) is 4.31 Å². The summed E-state index contributed by atoms with van der Waals surface area (Å²) >= 11 is 0. The number of nitrogens with one attached hydrogen (secondary N) is 2. The highest BCUT2D eigenvalue weighted by atomic mass is 31.3. The van der Waals surface area contributed by atoms with Crippen molar-refractivity contribution in [2.24, 2.45) is 0 Å². The van der Waals surface area contributed by atoms with Crippen molar-refractivity contribution in [1.82, 2.24) is 14.4 Å². The summed E-state index contributed by atoms with van der Waals surface area (Å²) < 4.78 is 48.4. The summed E-state index contributed by atoms with van der Waals surface area (Å²) in [4.78, 5) is 62.1. The van der Waals surface area contributed by atoms with Crippen molar-refractivity contribution in [2.75, 3.05) is 6.61 Å². The zero-order chi connectivity index (χ0) is 21.3. The topological polar surface area (TPSA) is 227 Å². The predicted octanol–water partition coefficient (Wildman–Crippen LogP) is -0.561. The van der Waals surface area contributed by atoms with Crippen LogP contribution in [-0.4, -0.2) is 41.8 Å². The van der Waals surface area contributed by atoms with Gasteiger partial charge in [0, 0.05) is 11.8 Å². The molecular weight excluding hydrogens is 447 g/mol. The second-order valence-corrected chi connectivity index (χ2v) is 10.6. The van der Waals surface area contributed by atoms with Crippen LogP contribution in [0.5, 0.6) is 0 Å². The highest BCUT2D eigenvalue weighted by molar-refractivity contribution is 7.70. The van der Waals surface area contributed by atoms with E-state index in [9.17, 15) is 28.2 Å². The molecule has 0 saturated carbocycles. The van der Waals surface area contributed by atoms with E-state index in [1.165, 1.54) is 13.1 Å². The number of H-pyrrole nitrogens is 1. The van der Waals surface area contributed by atoms with E-state index in [2.05, 4.69) is 13.8 Å². The maximum Gasteiger partial charge on any atom is 0.477 e. The molecule has 4 atom stereocenters. The van der Waals surface area contributed by atoms with Gasteiger partial charge >= 0.3 is 29.0 Å². The van der Waals surface area contributed by atoms with Gasteiger partial charge in [0.1, 0.15) is 6.23 Å². The van der Waals surface area contributed by atoms with Gasteiger partial charge in [0.25, 0.3) is 5.56 Å². The van der Waals surface area contributed by atoms with Gasteiger partial charge in [-0.25, -0.2) is 18.5 Å². The van der Waals surface area contributed by atoms with Gasteiger partial charge in [0.2, 0.25) is 0 Å². The molecule has 28 heavy (non-hydrogen) atoms. The van der Waals surface area contributed by atoms with Gasteiger partial charge in [0.05, 0.1) is 12.7 Å². The predicted molar refractivity (Wildman–Crippen MR) is 91.1 cm³/mol. The Morgan fingerprint density at radius 1 is 1.21 bits per heavy atom. The molecule has 1 aliphatic rings. The van der Waals surface area contributed by atoms with Crippen molar-refractivity contribution in [3.05, 3.63) is 32.6 Å². The molecule has 2 unspecified atom stereocenters. The Hall–Kier alpha value is -0.950. The van der Waals surface area contributed by atoms with E-state index in [0.717, 1.165) is 9.42 Å². The summed E-state index contributed by atoms with van der Waals surface area (Å²) in [6, 6.07) is 0. The molecule has 0 aromatic carbocycles. The number of aryl methyl sites for hydroxylation is 1. The van der Waals surface area contributed by atoms with Crippen LogP contribution in [0, 0.1) is 6.92 Å². The van der Waals surface area contributed by atoms with E-state index in [1.807, 2.05) is 0 Å². The molecule has 2 rings (SSSR count). The molecule has 1 fully saturated rings. The van der Waals surface area contributed by atoms with Gasteiger partial charge in [-0.05, 0) is 19.8 Å². The number of hydrogen-bond donors (Lipinski definition) is 6. The number of hydrogen-bond acceptors (Lipinski definition) is 8. The standard InChI is InChI=1S/C10H18N3O12P3/c1-6-4-13(10(15)11-9(6)14)8-3-2-7(24-8)5-23-26(16,17)12-27(18,19)25-28(20,21)22/h4,7-8H,2-3,5H2,1H3,(H,11,14,15)(H2,20,21,22)(H3,12,16,17,18,19)/t7-,8+/m0/s1. The third-order valence-corrected chi connectivity index (χ3v) is 7.70. The molecule has 15 nitrogen and oxygen atoms in total. The number of ether oxygens (including phenoxy) is 1. The molecule has 6 N–H and O–H groups in total. The summed E-state index contributed by atoms with van der Waals surface area (Å²) in [5, 5.41) is 0. The van der Waals surface area contributed by atoms with E-state index in [1.54, 1.807) is 0 Å². The van der Waals surface area contributed by atoms with Crippen LogP contribution in [0.1, 0.15) is 24.6 Å². The van der Waals surface area contributed by atoms with Gasteiger partial charge in [0.15, 0.2) is 0 Å². The van der Waals surface area contributed by atoms with Crippen LogP contribution in [0.2, 0.25) is 0 Å². The number of aromatic amines is 1. The Morgan fingerprint density at radius 3 is 2.46 bits per heavy atom. The zero-order valence-electron chi connectivity index (χ0n) is 14.2. The average Bonchev–Trinajstić information content (AvgIpc) is 2.94. The van der Waals surface area contributed by atoms with Crippen molar-refractivity contribution >= 4 is 23.3 Å². The minimum atomic E-state index is -5.41. The van der Waals surface area contributed by atoms with Crippen LogP contribution < -0.4 is 16.1 Å². The molecule has 1 aliphatic heterocycles. The molecule has 0 spiro atoms. The van der Waals surface area contributed by atoms with Crippen LogP contribution in [0.4, 0.5) is 0 Å². The van der Waals surface area contributed by atoms with E-state index in [-0.39, 0.29) is 12.0 Å². The first-order valence-corrected chi connectivity index (χ1v) is 12.2. The summed E-state index contributed by atoms with van der Waals surface area (Å²) in [6.45, 7) is 0.940. The molecule has 1 aromatic heterocycles. The van der Waals surface area contributed by atoms with Crippen LogP contribution in [0.25, 0.3) is 0 Å². The number of phosphoric acid groups is 1. The molecule has 18 heteroatoms. The first-order chi connectivity index (χ1) is 12.7. The van der Waals surface area contributed by atoms with Gasteiger partial charge in [-0.3, -0.25) is 18.9 Å². The lowest BCUT2D eigenvalue weighted by atomic mass is 10.2. The number of nitrogens with zero attached hydrogens (tertiary/aromatic N) is 1. The Morgan fingerprint density at radius 2 is 1.86 bits per heavy atom. The fourth-order valence-corrected chi connectivity index (χ4v) is 5.85. The van der Waals surface area contributed by atoms with E-state index in [0.29, 0.717) is 6.42 Å². The fraction of sp³-hybridized carbons (Fsp3) is 0.600. The van der Waals surface area contributed by atoms with E-state index in [4.69, 9.17) is 19.4 Å². The summed E-state index contributed by atoms with van der Waals surface area (Å²) in [5.74, 6) is 0. The van der Waals surface area contributed by atoms with Gasteiger partial charge < -0.3 is 24.3 Å². The molecule has 0 radical (unpaired) electrons. The quantitative estimate of drug-likeness (QED) is 0.265. The largest absolute Gasteiger partial charge is 0.477 e. The molecule has 2 heterocycles. The summed E-state index contributed by atoms with van der Waals surface area (Å²) in [7, 11) is -15.8. The maximum atomic E-state index is 11.8. The average molecular weight is 465 g/mol. The second kappa shape index (κ2) is 8.42. The van der Waals surface area contributed by atoms with E-state index >= 15 is 0 Å². The second-order valence-electron chi connectivity index (χ2n) is 5.78. The van der Waals surface area contributed by atoms with Crippen molar-refractivity contribution < 1.29 is 46.8 Å². The smallest absolute Gasteiger partial charge is 0.352 e. The minimum Gasteiger partial charge on any atom is -0.352 e. The third-order valence-electron chi connectivity index (χ3n) is 3.45. The Balaban J connectivity index is 1.95. The van der Waals surface area contributed by atoms with Crippen molar-refractivity contribution in [2.45, 2.75) is 32.1 Å². The minimum absolute atomic E-state index is 0.274. The fourth-order valence-electron chi connectivity index (χ4n) is 2.35. The normalized spacial score (nSPS) is 24.6. The Kier molecular flexibility index (Phi) is 7.02. The lowest BCUT2D eigenvalue weighted by Gasteiger charge is -2.20. The zero-order valence-corrected chi connectivity index (χ0v) is 16.9. The highest BCUT2D eigenvalue weighted by Crippen LogP contribution is 2.60. The summed E-state index contributed by atoms with van der Waals surface area (Å²) in [5.41, 5.74) is -0.972. The third kappa shape index (κ3) is 6.83. The number of rotatable bonds is 8.